The second-order valence-electron chi connectivity index (χ2n) is 3.60. The molecular weight excluding hydrogens is 152 g/mol. The van der Waals surface area contributed by atoms with Crippen LogP contribution in [0.2, 0.25) is 0 Å². The van der Waals surface area contributed by atoms with Gasteiger partial charge in [0.05, 0.1) is 0 Å². The summed E-state index contributed by atoms with van der Waals surface area (Å²) in [5.74, 6) is -0.146. The summed E-state index contributed by atoms with van der Waals surface area (Å²) >= 11 is 0. The van der Waals surface area contributed by atoms with Crippen LogP contribution >= 0.6 is 0 Å². The fourth-order valence-electron chi connectivity index (χ4n) is 1.02. The van der Waals surface area contributed by atoms with Crippen LogP contribution in [-0.4, -0.2) is 31.4 Å². The molecule has 0 saturated carbocycles. The van der Waals surface area contributed by atoms with E-state index in [-0.39, 0.29) is 11.8 Å². The molecule has 0 aromatic rings. The molecule has 0 spiro atoms. The van der Waals surface area contributed by atoms with Gasteiger partial charge in [-0.1, -0.05) is 13.3 Å². The standard InChI is InChI=1S/C9H20N2O/c1-8(9(10)12)6-4-5-7-11(2)3/h8H,4-7H2,1-3H3,(H2,10,12). The van der Waals surface area contributed by atoms with E-state index in [2.05, 4.69) is 19.0 Å². The minimum Gasteiger partial charge on any atom is -0.369 e. The highest BCUT2D eigenvalue weighted by Crippen LogP contribution is 2.06. The van der Waals surface area contributed by atoms with Crippen molar-refractivity contribution in [1.82, 2.24) is 4.90 Å². The van der Waals surface area contributed by atoms with E-state index in [0.29, 0.717) is 0 Å². The Bertz CT molecular complexity index is 134. The average molecular weight is 172 g/mol. The number of rotatable bonds is 6. The van der Waals surface area contributed by atoms with E-state index < -0.39 is 0 Å². The molecule has 0 aliphatic rings. The summed E-state index contributed by atoms with van der Waals surface area (Å²) < 4.78 is 0. The van der Waals surface area contributed by atoms with Crippen LogP contribution in [0.5, 0.6) is 0 Å². The maximum atomic E-state index is 10.6. The number of hydrogen-bond acceptors (Lipinski definition) is 2. The van der Waals surface area contributed by atoms with Crippen molar-refractivity contribution in [2.24, 2.45) is 11.7 Å². The maximum absolute atomic E-state index is 10.6. The zero-order valence-electron chi connectivity index (χ0n) is 8.34. The Labute approximate surface area is 74.9 Å². The third-order valence-corrected chi connectivity index (χ3v) is 1.98. The van der Waals surface area contributed by atoms with E-state index >= 15 is 0 Å². The van der Waals surface area contributed by atoms with Gasteiger partial charge in [-0.15, -0.1) is 0 Å². The second-order valence-corrected chi connectivity index (χ2v) is 3.60. The van der Waals surface area contributed by atoms with Crippen molar-refractivity contribution in [3.8, 4) is 0 Å². The quantitative estimate of drug-likeness (QED) is 0.603. The molecule has 1 unspecified atom stereocenters. The van der Waals surface area contributed by atoms with Gasteiger partial charge in [0.2, 0.25) is 5.91 Å². The molecular formula is C9H20N2O. The summed E-state index contributed by atoms with van der Waals surface area (Å²) in [6.07, 6.45) is 3.15. The fourth-order valence-corrected chi connectivity index (χ4v) is 1.02. The molecule has 0 aliphatic carbocycles. The van der Waals surface area contributed by atoms with Crippen molar-refractivity contribution >= 4 is 5.91 Å². The Morgan fingerprint density at radius 1 is 1.42 bits per heavy atom. The molecule has 12 heavy (non-hydrogen) atoms. The molecule has 0 rings (SSSR count). The Morgan fingerprint density at radius 2 is 2.00 bits per heavy atom. The first-order valence-electron chi connectivity index (χ1n) is 4.48. The lowest BCUT2D eigenvalue weighted by Crippen LogP contribution is -2.20. The molecule has 0 fully saturated rings. The highest BCUT2D eigenvalue weighted by Gasteiger charge is 2.07. The third kappa shape index (κ3) is 6.16. The number of nitrogens with zero attached hydrogens (tertiary/aromatic N) is 1. The predicted octanol–water partition coefficient (Wildman–Crippen LogP) is 0.840. The molecule has 0 radical (unpaired) electrons. The molecule has 0 aromatic carbocycles. The van der Waals surface area contributed by atoms with Gasteiger partial charge in [-0.2, -0.15) is 0 Å². The van der Waals surface area contributed by atoms with E-state index in [9.17, 15) is 4.79 Å². The summed E-state index contributed by atoms with van der Waals surface area (Å²) in [6.45, 7) is 2.98. The van der Waals surface area contributed by atoms with Crippen LogP contribution in [0.15, 0.2) is 0 Å². The lowest BCUT2D eigenvalue weighted by molar-refractivity contribution is -0.121. The van der Waals surface area contributed by atoms with Crippen LogP contribution in [0.1, 0.15) is 26.2 Å². The Kier molecular flexibility index (Phi) is 5.72. The van der Waals surface area contributed by atoms with Gasteiger partial charge in [-0.25, -0.2) is 0 Å². The molecule has 0 aliphatic heterocycles. The maximum Gasteiger partial charge on any atom is 0.220 e. The van der Waals surface area contributed by atoms with E-state index in [1.54, 1.807) is 0 Å². The van der Waals surface area contributed by atoms with Gasteiger partial charge in [-0.3, -0.25) is 4.79 Å². The van der Waals surface area contributed by atoms with Crippen LogP contribution in [0.25, 0.3) is 0 Å². The second kappa shape index (κ2) is 6.00. The van der Waals surface area contributed by atoms with Crippen molar-refractivity contribution < 1.29 is 4.79 Å². The molecule has 0 aromatic heterocycles. The third-order valence-electron chi connectivity index (χ3n) is 1.98. The molecule has 0 heterocycles. The van der Waals surface area contributed by atoms with Gasteiger partial charge in [-0.05, 0) is 33.5 Å². The highest BCUT2D eigenvalue weighted by molar-refractivity contribution is 5.76. The van der Waals surface area contributed by atoms with Crippen LogP contribution in [0.3, 0.4) is 0 Å². The minimum atomic E-state index is -0.181. The van der Waals surface area contributed by atoms with Gasteiger partial charge in [0.1, 0.15) is 0 Å². The SMILES string of the molecule is CC(CCCCN(C)C)C(N)=O. The number of hydrogen-bond donors (Lipinski definition) is 1. The first kappa shape index (κ1) is 11.4. The molecule has 0 bridgehead atoms. The van der Waals surface area contributed by atoms with E-state index in [1.807, 2.05) is 6.92 Å². The minimum absolute atomic E-state index is 0.0344. The molecule has 1 amide bonds. The fraction of sp³-hybridized carbons (Fsp3) is 0.889. The van der Waals surface area contributed by atoms with Gasteiger partial charge in [0, 0.05) is 5.92 Å². The van der Waals surface area contributed by atoms with Crippen molar-refractivity contribution in [3.63, 3.8) is 0 Å². The van der Waals surface area contributed by atoms with Crippen LogP contribution in [0.4, 0.5) is 0 Å². The first-order valence-corrected chi connectivity index (χ1v) is 4.48. The number of carbonyl (C=O) groups excluding carboxylic acids is 1. The van der Waals surface area contributed by atoms with E-state index in [1.165, 1.54) is 0 Å². The summed E-state index contributed by atoms with van der Waals surface area (Å²) in [5.41, 5.74) is 5.13. The zero-order valence-corrected chi connectivity index (χ0v) is 8.34. The van der Waals surface area contributed by atoms with Gasteiger partial charge < -0.3 is 10.6 Å². The summed E-state index contributed by atoms with van der Waals surface area (Å²) in [6, 6.07) is 0. The normalized spacial score (nSPS) is 13.3. The first-order chi connectivity index (χ1) is 5.54. The van der Waals surface area contributed by atoms with Crippen LogP contribution in [-0.2, 0) is 4.79 Å². The summed E-state index contributed by atoms with van der Waals surface area (Å²) in [4.78, 5) is 12.8. The molecule has 2 N–H and O–H groups in total. The molecule has 0 saturated heterocycles. The summed E-state index contributed by atoms with van der Waals surface area (Å²) in [5, 5.41) is 0. The van der Waals surface area contributed by atoms with Gasteiger partial charge in [0.15, 0.2) is 0 Å². The number of amides is 1. The van der Waals surface area contributed by atoms with E-state index in [4.69, 9.17) is 5.73 Å². The van der Waals surface area contributed by atoms with E-state index in [0.717, 1.165) is 25.8 Å². The topological polar surface area (TPSA) is 46.3 Å². The molecule has 72 valence electrons. The van der Waals surface area contributed by atoms with Crippen molar-refractivity contribution in [2.45, 2.75) is 26.2 Å². The predicted molar refractivity (Wildman–Crippen MR) is 50.8 cm³/mol. The highest BCUT2D eigenvalue weighted by atomic mass is 16.1. The van der Waals surface area contributed by atoms with Crippen LogP contribution < -0.4 is 5.73 Å². The van der Waals surface area contributed by atoms with Crippen molar-refractivity contribution in [3.05, 3.63) is 0 Å². The number of carbonyl (C=O) groups is 1. The average Bonchev–Trinajstić information content (AvgIpc) is 1.97. The molecule has 3 nitrogen and oxygen atoms in total. The Morgan fingerprint density at radius 3 is 2.42 bits per heavy atom. The van der Waals surface area contributed by atoms with Gasteiger partial charge >= 0.3 is 0 Å². The Balaban J connectivity index is 3.25. The lowest BCUT2D eigenvalue weighted by Gasteiger charge is -2.10. The monoisotopic (exact) mass is 172 g/mol. The Hall–Kier alpha value is -0.570. The van der Waals surface area contributed by atoms with Crippen LogP contribution in [0, 0.1) is 5.92 Å². The number of primary amides is 1. The molecule has 3 heteroatoms. The number of nitrogens with two attached hydrogens (primary N) is 1. The smallest absolute Gasteiger partial charge is 0.220 e. The largest absolute Gasteiger partial charge is 0.369 e. The van der Waals surface area contributed by atoms with Gasteiger partial charge in [0.25, 0.3) is 0 Å². The van der Waals surface area contributed by atoms with Crippen molar-refractivity contribution in [2.75, 3.05) is 20.6 Å². The summed E-state index contributed by atoms with van der Waals surface area (Å²) in [7, 11) is 4.11. The zero-order chi connectivity index (χ0) is 9.56. The lowest BCUT2D eigenvalue weighted by atomic mass is 10.0. The molecule has 1 atom stereocenters. The number of unbranched alkanes of at least 4 members (excludes halogenated alkanes) is 1. The van der Waals surface area contributed by atoms with Crippen molar-refractivity contribution in [1.29, 1.82) is 0 Å².